The molecule has 2 atom stereocenters. The van der Waals surface area contributed by atoms with E-state index in [0.717, 1.165) is 27.6 Å². The summed E-state index contributed by atoms with van der Waals surface area (Å²) in [6, 6.07) is 23.9. The van der Waals surface area contributed by atoms with Crippen LogP contribution in [0.25, 0.3) is 0 Å². The van der Waals surface area contributed by atoms with Crippen molar-refractivity contribution in [3.8, 4) is 0 Å². The highest BCUT2D eigenvalue weighted by atomic mass is 79.9. The van der Waals surface area contributed by atoms with Gasteiger partial charge in [-0.3, -0.25) is 13.9 Å². The van der Waals surface area contributed by atoms with Gasteiger partial charge in [0, 0.05) is 36.4 Å². The zero-order valence-electron chi connectivity index (χ0n) is 24.2. The molecule has 2 amide bonds. The normalized spacial score (nSPS) is 12.8. The minimum Gasteiger partial charge on any atom is -0.352 e. The summed E-state index contributed by atoms with van der Waals surface area (Å²) in [6.45, 7) is 6.27. The van der Waals surface area contributed by atoms with Crippen LogP contribution in [-0.2, 0) is 32.6 Å². The van der Waals surface area contributed by atoms with Gasteiger partial charge in [0.25, 0.3) is 0 Å². The van der Waals surface area contributed by atoms with Gasteiger partial charge in [-0.05, 0) is 67.6 Å². The first-order valence-electron chi connectivity index (χ1n) is 13.9. The summed E-state index contributed by atoms with van der Waals surface area (Å²) in [5.41, 5.74) is 3.37. The van der Waals surface area contributed by atoms with E-state index < -0.39 is 16.1 Å². The summed E-state index contributed by atoms with van der Waals surface area (Å²) in [6.07, 6.45) is 2.71. The molecule has 220 valence electrons. The molecule has 0 saturated heterocycles. The van der Waals surface area contributed by atoms with E-state index in [9.17, 15) is 18.0 Å². The molecule has 0 radical (unpaired) electrons. The van der Waals surface area contributed by atoms with Crippen molar-refractivity contribution in [1.29, 1.82) is 0 Å². The van der Waals surface area contributed by atoms with Crippen LogP contribution in [0, 0.1) is 6.92 Å². The molecule has 0 aliphatic heterocycles. The highest BCUT2D eigenvalue weighted by Crippen LogP contribution is 2.22. The van der Waals surface area contributed by atoms with Crippen LogP contribution >= 0.6 is 15.9 Å². The Morgan fingerprint density at radius 3 is 2.24 bits per heavy atom. The molecule has 3 rings (SSSR count). The molecule has 0 bridgehead atoms. The number of nitrogens with one attached hydrogen (secondary N) is 1. The Balaban J connectivity index is 1.89. The number of carbonyl (C=O) groups is 2. The van der Waals surface area contributed by atoms with Gasteiger partial charge in [0.15, 0.2) is 0 Å². The lowest BCUT2D eigenvalue weighted by molar-refractivity contribution is -0.141. The van der Waals surface area contributed by atoms with E-state index in [-0.39, 0.29) is 37.4 Å². The Morgan fingerprint density at radius 2 is 1.63 bits per heavy atom. The Hall–Kier alpha value is -3.17. The number of anilines is 1. The van der Waals surface area contributed by atoms with Crippen molar-refractivity contribution in [2.75, 3.05) is 17.1 Å². The maximum Gasteiger partial charge on any atom is 0.243 e. The van der Waals surface area contributed by atoms with Gasteiger partial charge >= 0.3 is 0 Å². The standard InChI is InChI=1S/C32H40BrN3O4S/c1-5-25(3)34-32(38)30(22-26-12-7-6-8-13-26)35(23-27-16-18-28(33)19-17-27)31(37)15-10-20-36(41(4,39)40)29-14-9-11-24(2)21-29/h6-9,11-14,16-19,21,25,30H,5,10,15,20,22-23H2,1-4H3,(H,34,38)/t25-,30+/m1/s1. The summed E-state index contributed by atoms with van der Waals surface area (Å²) in [5.74, 6) is -0.406. The second-order valence-corrected chi connectivity index (χ2v) is 13.3. The number of sulfonamides is 1. The summed E-state index contributed by atoms with van der Waals surface area (Å²) < 4.78 is 27.5. The average Bonchev–Trinajstić information content (AvgIpc) is 2.93. The fourth-order valence-corrected chi connectivity index (χ4v) is 5.79. The average molecular weight is 643 g/mol. The van der Waals surface area contributed by atoms with Crippen LogP contribution in [0.2, 0.25) is 0 Å². The largest absolute Gasteiger partial charge is 0.352 e. The SMILES string of the molecule is CC[C@@H](C)NC(=O)[C@H](Cc1ccccc1)N(Cc1ccc(Br)cc1)C(=O)CCCN(c1cccc(C)c1)S(C)(=O)=O. The smallest absolute Gasteiger partial charge is 0.243 e. The first kappa shape index (κ1) is 32.3. The summed E-state index contributed by atoms with van der Waals surface area (Å²) in [4.78, 5) is 29.2. The Kier molecular flexibility index (Phi) is 12.0. The fourth-order valence-electron chi connectivity index (χ4n) is 4.57. The molecular formula is C32H40BrN3O4S. The van der Waals surface area contributed by atoms with Crippen LogP contribution in [-0.4, -0.2) is 50.0 Å². The first-order chi connectivity index (χ1) is 19.5. The van der Waals surface area contributed by atoms with Gasteiger partial charge in [0.1, 0.15) is 6.04 Å². The molecule has 3 aromatic rings. The maximum atomic E-state index is 13.9. The molecule has 0 aliphatic carbocycles. The number of aryl methyl sites for hydroxylation is 1. The zero-order chi connectivity index (χ0) is 30.0. The van der Waals surface area contributed by atoms with E-state index >= 15 is 0 Å². The summed E-state index contributed by atoms with van der Waals surface area (Å²) in [7, 11) is -3.55. The molecule has 41 heavy (non-hydrogen) atoms. The topological polar surface area (TPSA) is 86.8 Å². The van der Waals surface area contributed by atoms with E-state index in [1.807, 2.05) is 93.6 Å². The van der Waals surface area contributed by atoms with E-state index in [1.54, 1.807) is 11.0 Å². The van der Waals surface area contributed by atoms with Crippen LogP contribution in [0.4, 0.5) is 5.69 Å². The molecule has 0 saturated carbocycles. The number of hydrogen-bond donors (Lipinski definition) is 1. The van der Waals surface area contributed by atoms with E-state index in [2.05, 4.69) is 21.2 Å². The molecule has 9 heteroatoms. The molecule has 7 nitrogen and oxygen atoms in total. The van der Waals surface area contributed by atoms with Gasteiger partial charge in [-0.1, -0.05) is 77.5 Å². The van der Waals surface area contributed by atoms with Crippen LogP contribution in [0.15, 0.2) is 83.3 Å². The minimum atomic E-state index is -3.55. The number of halogens is 1. The molecule has 3 aromatic carbocycles. The lowest BCUT2D eigenvalue weighted by Crippen LogP contribution is -2.52. The molecule has 0 aliphatic rings. The quantitative estimate of drug-likeness (QED) is 0.239. The van der Waals surface area contributed by atoms with Crippen LogP contribution in [0.1, 0.15) is 49.8 Å². The molecular weight excluding hydrogens is 602 g/mol. The lowest BCUT2D eigenvalue weighted by Gasteiger charge is -2.32. The number of carbonyl (C=O) groups excluding carboxylic acids is 2. The van der Waals surface area contributed by atoms with Gasteiger partial charge in [0.05, 0.1) is 11.9 Å². The van der Waals surface area contributed by atoms with Crippen molar-refractivity contribution in [1.82, 2.24) is 10.2 Å². The first-order valence-corrected chi connectivity index (χ1v) is 16.5. The predicted octanol–water partition coefficient (Wildman–Crippen LogP) is 5.86. The number of hydrogen-bond acceptors (Lipinski definition) is 4. The summed E-state index contributed by atoms with van der Waals surface area (Å²) >= 11 is 3.46. The highest BCUT2D eigenvalue weighted by Gasteiger charge is 2.31. The van der Waals surface area contributed by atoms with Crippen molar-refractivity contribution < 1.29 is 18.0 Å². The third kappa shape index (κ3) is 10.0. The van der Waals surface area contributed by atoms with Gasteiger partial charge < -0.3 is 10.2 Å². The Bertz CT molecular complexity index is 1400. The lowest BCUT2D eigenvalue weighted by atomic mass is 10.0. The van der Waals surface area contributed by atoms with E-state index in [4.69, 9.17) is 0 Å². The highest BCUT2D eigenvalue weighted by molar-refractivity contribution is 9.10. The Morgan fingerprint density at radius 1 is 0.951 bits per heavy atom. The molecule has 0 unspecified atom stereocenters. The zero-order valence-corrected chi connectivity index (χ0v) is 26.6. The molecule has 0 heterocycles. The third-order valence-corrected chi connectivity index (χ3v) is 8.70. The molecule has 0 spiro atoms. The van der Waals surface area contributed by atoms with Crippen molar-refractivity contribution in [2.24, 2.45) is 0 Å². The maximum absolute atomic E-state index is 13.9. The number of benzene rings is 3. The van der Waals surface area contributed by atoms with Gasteiger partial charge in [0.2, 0.25) is 21.8 Å². The summed E-state index contributed by atoms with van der Waals surface area (Å²) in [5, 5.41) is 3.07. The van der Waals surface area contributed by atoms with Gasteiger partial charge in [-0.15, -0.1) is 0 Å². The number of rotatable bonds is 14. The number of amides is 2. The molecule has 0 fully saturated rings. The van der Waals surface area contributed by atoms with E-state index in [0.29, 0.717) is 18.5 Å². The third-order valence-electron chi connectivity index (χ3n) is 6.98. The van der Waals surface area contributed by atoms with E-state index in [1.165, 1.54) is 10.6 Å². The second-order valence-electron chi connectivity index (χ2n) is 10.4. The monoisotopic (exact) mass is 641 g/mol. The van der Waals surface area contributed by atoms with Gasteiger partial charge in [-0.25, -0.2) is 8.42 Å². The predicted molar refractivity (Wildman–Crippen MR) is 169 cm³/mol. The number of nitrogens with zero attached hydrogens (tertiary/aromatic N) is 2. The van der Waals surface area contributed by atoms with Gasteiger partial charge in [-0.2, -0.15) is 0 Å². The fraction of sp³-hybridized carbons (Fsp3) is 0.375. The van der Waals surface area contributed by atoms with Crippen molar-refractivity contribution >= 4 is 43.5 Å². The molecule has 1 N–H and O–H groups in total. The van der Waals surface area contributed by atoms with Crippen LogP contribution < -0.4 is 9.62 Å². The second kappa shape index (κ2) is 15.2. The van der Waals surface area contributed by atoms with Crippen molar-refractivity contribution in [2.45, 2.75) is 65.1 Å². The minimum absolute atomic E-state index is 0.0388. The van der Waals surface area contributed by atoms with Crippen LogP contribution in [0.3, 0.4) is 0 Å². The Labute approximate surface area is 253 Å². The van der Waals surface area contributed by atoms with Crippen LogP contribution in [0.5, 0.6) is 0 Å². The van der Waals surface area contributed by atoms with Crippen molar-refractivity contribution in [3.05, 3.63) is 100 Å². The van der Waals surface area contributed by atoms with Crippen molar-refractivity contribution in [3.63, 3.8) is 0 Å². The molecule has 0 aromatic heterocycles.